The van der Waals surface area contributed by atoms with E-state index in [0.717, 1.165) is 11.1 Å². The number of benzene rings is 1. The van der Waals surface area contributed by atoms with Crippen LogP contribution in [0.2, 0.25) is 0 Å². The number of carboxylic acids is 1. The molecule has 3 fully saturated rings. The number of aromatic nitrogens is 2. The highest BCUT2D eigenvalue weighted by molar-refractivity contribution is 5.79. The van der Waals surface area contributed by atoms with Crippen LogP contribution in [0.3, 0.4) is 0 Å². The largest absolute Gasteiger partial charge is 0.573 e. The van der Waals surface area contributed by atoms with Gasteiger partial charge in [0, 0.05) is 11.8 Å². The monoisotopic (exact) mass is 338 g/mol. The standard InChI is InChI=1S/C16H13F3N2O3/c17-16(18,19)24-12-3-1-10(2-4-12)11-5-20-21(6-11)15-7-14(8-15,9-15)13(22)23/h1-6H,7-9H2,(H,22,23). The van der Waals surface area contributed by atoms with Gasteiger partial charge in [0.25, 0.3) is 0 Å². The second-order valence-electron chi connectivity index (χ2n) is 6.59. The Hall–Kier alpha value is -2.51. The van der Waals surface area contributed by atoms with Crippen LogP contribution in [0.5, 0.6) is 5.75 Å². The number of hydrogen-bond acceptors (Lipinski definition) is 3. The van der Waals surface area contributed by atoms with E-state index < -0.39 is 17.7 Å². The van der Waals surface area contributed by atoms with Crippen LogP contribution in [0, 0.1) is 5.41 Å². The lowest BCUT2D eigenvalue weighted by Gasteiger charge is -2.67. The quantitative estimate of drug-likeness (QED) is 0.928. The molecule has 2 aromatic rings. The van der Waals surface area contributed by atoms with Gasteiger partial charge < -0.3 is 9.84 Å². The summed E-state index contributed by atoms with van der Waals surface area (Å²) in [7, 11) is 0. The highest BCUT2D eigenvalue weighted by atomic mass is 19.4. The van der Waals surface area contributed by atoms with Crippen LogP contribution in [-0.4, -0.2) is 27.2 Å². The van der Waals surface area contributed by atoms with Crippen molar-refractivity contribution in [2.45, 2.75) is 31.2 Å². The Labute approximate surface area is 134 Å². The molecule has 0 saturated heterocycles. The molecule has 1 heterocycles. The summed E-state index contributed by atoms with van der Waals surface area (Å²) in [6.07, 6.45) is 0.465. The van der Waals surface area contributed by atoms with Crippen molar-refractivity contribution in [2.24, 2.45) is 5.41 Å². The van der Waals surface area contributed by atoms with Gasteiger partial charge in [-0.05, 0) is 37.0 Å². The summed E-state index contributed by atoms with van der Waals surface area (Å²) in [6.45, 7) is 0. The fraction of sp³-hybridized carbons (Fsp3) is 0.375. The van der Waals surface area contributed by atoms with E-state index in [1.54, 1.807) is 10.9 Å². The Kier molecular flexibility index (Phi) is 2.83. The molecule has 0 atom stereocenters. The third-order valence-electron chi connectivity index (χ3n) is 4.95. The van der Waals surface area contributed by atoms with Crippen molar-refractivity contribution in [3.05, 3.63) is 36.7 Å². The van der Waals surface area contributed by atoms with Gasteiger partial charge in [-0.1, -0.05) is 12.1 Å². The van der Waals surface area contributed by atoms with Gasteiger partial charge in [0.15, 0.2) is 0 Å². The van der Waals surface area contributed by atoms with Crippen LogP contribution in [0.1, 0.15) is 19.3 Å². The van der Waals surface area contributed by atoms with Crippen LogP contribution in [0.25, 0.3) is 11.1 Å². The zero-order valence-corrected chi connectivity index (χ0v) is 12.4. The number of carbonyl (C=O) groups is 1. The second-order valence-corrected chi connectivity index (χ2v) is 6.59. The predicted molar refractivity (Wildman–Crippen MR) is 76.2 cm³/mol. The average molecular weight is 338 g/mol. The van der Waals surface area contributed by atoms with E-state index in [1.165, 1.54) is 24.3 Å². The van der Waals surface area contributed by atoms with Crippen LogP contribution in [0.4, 0.5) is 13.2 Å². The zero-order chi connectivity index (χ0) is 17.2. The number of ether oxygens (including phenoxy) is 1. The second kappa shape index (κ2) is 4.52. The van der Waals surface area contributed by atoms with E-state index in [4.69, 9.17) is 5.11 Å². The molecular weight excluding hydrogens is 325 g/mol. The Morgan fingerprint density at radius 2 is 1.79 bits per heavy atom. The predicted octanol–water partition coefficient (Wildman–Crippen LogP) is 3.41. The highest BCUT2D eigenvalue weighted by Gasteiger charge is 2.73. The number of rotatable bonds is 4. The first-order valence-corrected chi connectivity index (χ1v) is 7.36. The summed E-state index contributed by atoms with van der Waals surface area (Å²) in [6, 6.07) is 5.56. The lowest BCUT2D eigenvalue weighted by Crippen LogP contribution is -2.70. The lowest BCUT2D eigenvalue weighted by atomic mass is 9.39. The summed E-state index contributed by atoms with van der Waals surface area (Å²) in [4.78, 5) is 11.2. The molecule has 0 unspecified atom stereocenters. The van der Waals surface area contributed by atoms with Crippen molar-refractivity contribution >= 4 is 5.97 Å². The molecule has 0 radical (unpaired) electrons. The van der Waals surface area contributed by atoms with Gasteiger partial charge in [0.1, 0.15) is 5.75 Å². The van der Waals surface area contributed by atoms with Gasteiger partial charge in [-0.2, -0.15) is 5.10 Å². The minimum absolute atomic E-state index is 0.212. The molecule has 2 bridgehead atoms. The molecule has 3 saturated carbocycles. The van der Waals surface area contributed by atoms with E-state index in [1.807, 2.05) is 6.20 Å². The molecule has 3 aliphatic rings. The number of alkyl halides is 3. The van der Waals surface area contributed by atoms with E-state index in [2.05, 4.69) is 9.84 Å². The number of carboxylic acid groups (broad SMARTS) is 1. The van der Waals surface area contributed by atoms with Crippen LogP contribution in [0.15, 0.2) is 36.7 Å². The molecule has 126 valence electrons. The van der Waals surface area contributed by atoms with Gasteiger partial charge in [-0.3, -0.25) is 9.48 Å². The number of halogens is 3. The molecule has 24 heavy (non-hydrogen) atoms. The van der Waals surface area contributed by atoms with Crippen molar-refractivity contribution in [1.82, 2.24) is 9.78 Å². The number of aliphatic carboxylic acids is 1. The average Bonchev–Trinajstić information content (AvgIpc) is 2.83. The topological polar surface area (TPSA) is 64.3 Å². The molecule has 0 amide bonds. The maximum atomic E-state index is 12.2. The van der Waals surface area contributed by atoms with Crippen LogP contribution in [-0.2, 0) is 10.3 Å². The Balaban J connectivity index is 1.49. The molecule has 3 aliphatic carbocycles. The fourth-order valence-corrected chi connectivity index (χ4v) is 3.78. The minimum atomic E-state index is -4.71. The Bertz CT molecular complexity index is 791. The molecule has 1 aromatic carbocycles. The molecular formula is C16H13F3N2O3. The van der Waals surface area contributed by atoms with E-state index >= 15 is 0 Å². The van der Waals surface area contributed by atoms with Crippen LogP contribution < -0.4 is 4.74 Å². The molecule has 1 N–H and O–H groups in total. The first-order chi connectivity index (χ1) is 11.2. The maximum absolute atomic E-state index is 12.2. The maximum Gasteiger partial charge on any atom is 0.573 e. The van der Waals surface area contributed by atoms with Crippen molar-refractivity contribution in [1.29, 1.82) is 0 Å². The van der Waals surface area contributed by atoms with Gasteiger partial charge >= 0.3 is 12.3 Å². The third kappa shape index (κ3) is 2.16. The smallest absolute Gasteiger partial charge is 0.481 e. The van der Waals surface area contributed by atoms with Gasteiger partial charge in [0.2, 0.25) is 0 Å². The summed E-state index contributed by atoms with van der Waals surface area (Å²) >= 11 is 0. The van der Waals surface area contributed by atoms with Gasteiger partial charge in [0.05, 0.1) is 17.2 Å². The van der Waals surface area contributed by atoms with Crippen molar-refractivity contribution in [3.63, 3.8) is 0 Å². The summed E-state index contributed by atoms with van der Waals surface area (Å²) in [5.74, 6) is -1.03. The fourth-order valence-electron chi connectivity index (χ4n) is 3.78. The van der Waals surface area contributed by atoms with Crippen LogP contribution >= 0.6 is 0 Å². The van der Waals surface area contributed by atoms with Crippen molar-refractivity contribution < 1.29 is 27.8 Å². The minimum Gasteiger partial charge on any atom is -0.481 e. The first-order valence-electron chi connectivity index (χ1n) is 7.36. The Morgan fingerprint density at radius 3 is 2.33 bits per heavy atom. The Morgan fingerprint density at radius 1 is 1.17 bits per heavy atom. The molecule has 0 spiro atoms. The number of hydrogen-bond donors (Lipinski definition) is 1. The highest BCUT2D eigenvalue weighted by Crippen LogP contribution is 2.71. The molecule has 5 nitrogen and oxygen atoms in total. The zero-order valence-electron chi connectivity index (χ0n) is 12.4. The summed E-state index contributed by atoms with van der Waals surface area (Å²) in [5.41, 5.74) is 0.691. The van der Waals surface area contributed by atoms with E-state index in [-0.39, 0.29) is 11.3 Å². The number of nitrogens with zero attached hydrogens (tertiary/aromatic N) is 2. The molecule has 5 rings (SSSR count). The van der Waals surface area contributed by atoms with Crippen molar-refractivity contribution in [3.8, 4) is 16.9 Å². The van der Waals surface area contributed by atoms with Crippen molar-refractivity contribution in [2.75, 3.05) is 0 Å². The van der Waals surface area contributed by atoms with Gasteiger partial charge in [-0.25, -0.2) is 0 Å². The normalized spacial score (nSPS) is 28.0. The van der Waals surface area contributed by atoms with Gasteiger partial charge in [-0.15, -0.1) is 13.2 Å². The lowest BCUT2D eigenvalue weighted by molar-refractivity contribution is -0.274. The summed E-state index contributed by atoms with van der Waals surface area (Å²) < 4.78 is 42.1. The SMILES string of the molecule is O=C(O)C12CC(n3cc(-c4ccc(OC(F)(F)F)cc4)cn3)(C1)C2. The van der Waals surface area contributed by atoms with E-state index in [0.29, 0.717) is 19.3 Å². The third-order valence-corrected chi connectivity index (χ3v) is 4.95. The van der Waals surface area contributed by atoms with E-state index in [9.17, 15) is 18.0 Å². The molecule has 0 aliphatic heterocycles. The first kappa shape index (κ1) is 15.0. The molecule has 1 aromatic heterocycles. The molecule has 8 heteroatoms. The summed E-state index contributed by atoms with van der Waals surface area (Å²) in [5, 5.41) is 13.5.